The maximum absolute atomic E-state index is 12.7. The maximum atomic E-state index is 12.7. The molecule has 28 heavy (non-hydrogen) atoms. The summed E-state index contributed by atoms with van der Waals surface area (Å²) in [5, 5.41) is 4.64. The molecule has 4 nitrogen and oxygen atoms in total. The largest absolute Gasteiger partial charge is 0.493 e. The number of benzene rings is 2. The molecule has 0 radical (unpaired) electrons. The lowest BCUT2D eigenvalue weighted by Gasteiger charge is -2.14. The number of fused-ring (bicyclic) bond motifs is 1. The minimum Gasteiger partial charge on any atom is -0.493 e. The number of carbonyl (C=O) groups excluding carboxylic acids is 1. The van der Waals surface area contributed by atoms with E-state index in [1.165, 1.54) is 12.8 Å². The van der Waals surface area contributed by atoms with Gasteiger partial charge in [-0.15, -0.1) is 0 Å². The second-order valence-electron chi connectivity index (χ2n) is 7.14. The first-order chi connectivity index (χ1) is 13.6. The Morgan fingerprint density at radius 1 is 1.18 bits per heavy atom. The number of nitrogens with zero attached hydrogens (tertiary/aromatic N) is 1. The highest BCUT2D eigenvalue weighted by Gasteiger charge is 2.19. The summed E-state index contributed by atoms with van der Waals surface area (Å²) in [4.78, 5) is 17.4. The van der Waals surface area contributed by atoms with Gasteiger partial charge < -0.3 is 10.1 Å². The van der Waals surface area contributed by atoms with Crippen LogP contribution in [0.25, 0.3) is 22.2 Å². The molecule has 1 fully saturated rings. The Morgan fingerprint density at radius 2 is 2.00 bits per heavy atom. The van der Waals surface area contributed by atoms with Crippen molar-refractivity contribution in [1.82, 2.24) is 10.3 Å². The van der Waals surface area contributed by atoms with Crippen molar-refractivity contribution < 1.29 is 9.53 Å². The van der Waals surface area contributed by atoms with Crippen LogP contribution in [0.5, 0.6) is 5.75 Å². The predicted octanol–water partition coefficient (Wildman–Crippen LogP) is 5.63. The molecule has 0 spiro atoms. The molecule has 0 bridgehead atoms. The molecule has 1 N–H and O–H groups in total. The van der Waals surface area contributed by atoms with E-state index in [9.17, 15) is 4.79 Å². The van der Waals surface area contributed by atoms with Crippen LogP contribution in [0.1, 0.15) is 43.0 Å². The second kappa shape index (κ2) is 8.19. The van der Waals surface area contributed by atoms with Crippen LogP contribution >= 0.6 is 11.6 Å². The first-order valence-corrected chi connectivity index (χ1v) is 10.2. The van der Waals surface area contributed by atoms with Crippen LogP contribution in [0.3, 0.4) is 0 Å². The molecule has 0 atom stereocenters. The third-order valence-corrected chi connectivity index (χ3v) is 5.38. The lowest BCUT2D eigenvalue weighted by Crippen LogP contribution is -2.32. The summed E-state index contributed by atoms with van der Waals surface area (Å²) >= 11 is 6.14. The molecule has 1 aromatic heterocycles. The molecule has 3 aromatic rings. The SMILES string of the molecule is CCOc1cc(-c2cccc(Cl)c2)nc2ccc(C(=O)NC3CCCC3)cc12. The summed E-state index contributed by atoms with van der Waals surface area (Å²) in [5.41, 5.74) is 3.15. The quantitative estimate of drug-likeness (QED) is 0.610. The number of nitrogens with one attached hydrogen (secondary N) is 1. The number of carbonyl (C=O) groups is 1. The standard InChI is InChI=1S/C23H23ClN2O2/c1-2-28-22-14-21(15-6-5-7-17(24)12-15)26-20-11-10-16(13-19(20)22)23(27)25-18-8-3-4-9-18/h5-7,10-14,18H,2-4,8-9H2,1H3,(H,25,27). The van der Waals surface area contributed by atoms with Crippen LogP contribution in [0, 0.1) is 0 Å². The monoisotopic (exact) mass is 394 g/mol. The first-order valence-electron chi connectivity index (χ1n) is 9.78. The third kappa shape index (κ3) is 3.97. The third-order valence-electron chi connectivity index (χ3n) is 5.14. The Bertz CT molecular complexity index is 1010. The minimum atomic E-state index is -0.0323. The van der Waals surface area contributed by atoms with Gasteiger partial charge in [-0.2, -0.15) is 0 Å². The van der Waals surface area contributed by atoms with Crippen LogP contribution in [0.15, 0.2) is 48.5 Å². The van der Waals surface area contributed by atoms with Gasteiger partial charge in [0.1, 0.15) is 5.75 Å². The van der Waals surface area contributed by atoms with E-state index in [4.69, 9.17) is 21.3 Å². The average Bonchev–Trinajstić information content (AvgIpc) is 3.21. The summed E-state index contributed by atoms with van der Waals surface area (Å²) in [6.45, 7) is 2.48. The first kappa shape index (κ1) is 18.8. The van der Waals surface area contributed by atoms with Gasteiger partial charge in [0.05, 0.1) is 17.8 Å². The normalized spacial score (nSPS) is 14.4. The Balaban J connectivity index is 1.72. The molecule has 4 rings (SSSR count). The highest BCUT2D eigenvalue weighted by molar-refractivity contribution is 6.30. The van der Waals surface area contributed by atoms with Crippen molar-refractivity contribution in [3.8, 4) is 17.0 Å². The topological polar surface area (TPSA) is 51.2 Å². The molecule has 0 unspecified atom stereocenters. The zero-order valence-electron chi connectivity index (χ0n) is 15.9. The molecule has 144 valence electrons. The highest BCUT2D eigenvalue weighted by Crippen LogP contribution is 2.32. The van der Waals surface area contributed by atoms with Crippen LogP contribution in [-0.2, 0) is 0 Å². The number of aromatic nitrogens is 1. The van der Waals surface area contributed by atoms with Crippen molar-refractivity contribution in [3.63, 3.8) is 0 Å². The number of hydrogen-bond acceptors (Lipinski definition) is 3. The fraction of sp³-hybridized carbons (Fsp3) is 0.304. The maximum Gasteiger partial charge on any atom is 0.251 e. The summed E-state index contributed by atoms with van der Waals surface area (Å²) in [7, 11) is 0. The van der Waals surface area contributed by atoms with Crippen molar-refractivity contribution in [2.45, 2.75) is 38.6 Å². The minimum absolute atomic E-state index is 0.0323. The Kier molecular flexibility index (Phi) is 5.49. The van der Waals surface area contributed by atoms with Crippen molar-refractivity contribution in [1.29, 1.82) is 0 Å². The van der Waals surface area contributed by atoms with Crippen molar-refractivity contribution >= 4 is 28.4 Å². The number of rotatable bonds is 5. The molecule has 2 aromatic carbocycles. The summed E-state index contributed by atoms with van der Waals surface area (Å²) in [6, 6.07) is 15.4. The highest BCUT2D eigenvalue weighted by atomic mass is 35.5. The summed E-state index contributed by atoms with van der Waals surface area (Å²) in [5.74, 6) is 0.688. The van der Waals surface area contributed by atoms with Gasteiger partial charge >= 0.3 is 0 Å². The lowest BCUT2D eigenvalue weighted by molar-refractivity contribution is 0.0938. The van der Waals surface area contributed by atoms with Crippen LogP contribution in [0.2, 0.25) is 5.02 Å². The zero-order chi connectivity index (χ0) is 19.5. The molecule has 1 heterocycles. The molecule has 1 amide bonds. The van der Waals surface area contributed by atoms with E-state index in [1.54, 1.807) is 0 Å². The van der Waals surface area contributed by atoms with Gasteiger partial charge in [0.15, 0.2) is 0 Å². The Morgan fingerprint density at radius 3 is 2.75 bits per heavy atom. The molecule has 1 aliphatic carbocycles. The van der Waals surface area contributed by atoms with E-state index in [1.807, 2.05) is 55.5 Å². The second-order valence-corrected chi connectivity index (χ2v) is 7.57. The van der Waals surface area contributed by atoms with Crippen molar-refractivity contribution in [2.75, 3.05) is 6.61 Å². The van der Waals surface area contributed by atoms with Gasteiger partial charge in [0.25, 0.3) is 5.91 Å². The van der Waals surface area contributed by atoms with E-state index >= 15 is 0 Å². The number of ether oxygens (including phenoxy) is 1. The molecule has 0 saturated heterocycles. The molecule has 5 heteroatoms. The van der Waals surface area contributed by atoms with Gasteiger partial charge in [0.2, 0.25) is 0 Å². The molecule has 1 saturated carbocycles. The van der Waals surface area contributed by atoms with Gasteiger partial charge in [-0.3, -0.25) is 4.79 Å². The predicted molar refractivity (Wildman–Crippen MR) is 113 cm³/mol. The fourth-order valence-electron chi connectivity index (χ4n) is 3.75. The van der Waals surface area contributed by atoms with Crippen LogP contribution in [0.4, 0.5) is 0 Å². The van der Waals surface area contributed by atoms with Gasteiger partial charge in [0, 0.05) is 33.6 Å². The summed E-state index contributed by atoms with van der Waals surface area (Å²) < 4.78 is 5.88. The average molecular weight is 395 g/mol. The molecule has 0 aliphatic heterocycles. The number of halogens is 1. The van der Waals surface area contributed by atoms with E-state index in [0.29, 0.717) is 17.2 Å². The molecule has 1 aliphatic rings. The van der Waals surface area contributed by atoms with Gasteiger partial charge in [-0.1, -0.05) is 36.6 Å². The van der Waals surface area contributed by atoms with E-state index < -0.39 is 0 Å². The number of hydrogen-bond donors (Lipinski definition) is 1. The van der Waals surface area contributed by atoms with E-state index in [0.717, 1.165) is 40.8 Å². The number of amides is 1. The summed E-state index contributed by atoms with van der Waals surface area (Å²) in [6.07, 6.45) is 4.50. The Labute approximate surface area is 169 Å². The van der Waals surface area contributed by atoms with Gasteiger partial charge in [-0.25, -0.2) is 4.98 Å². The Hall–Kier alpha value is -2.59. The number of pyridine rings is 1. The van der Waals surface area contributed by atoms with Crippen molar-refractivity contribution in [2.24, 2.45) is 0 Å². The smallest absolute Gasteiger partial charge is 0.251 e. The van der Waals surface area contributed by atoms with Crippen LogP contribution < -0.4 is 10.1 Å². The fourth-order valence-corrected chi connectivity index (χ4v) is 3.94. The zero-order valence-corrected chi connectivity index (χ0v) is 16.6. The molecular formula is C23H23ClN2O2. The molecular weight excluding hydrogens is 372 g/mol. The van der Waals surface area contributed by atoms with Crippen molar-refractivity contribution in [3.05, 3.63) is 59.1 Å². The van der Waals surface area contributed by atoms with E-state index in [-0.39, 0.29) is 11.9 Å². The van der Waals surface area contributed by atoms with Gasteiger partial charge in [-0.05, 0) is 50.1 Å². The van der Waals surface area contributed by atoms with Crippen LogP contribution in [-0.4, -0.2) is 23.5 Å². The van der Waals surface area contributed by atoms with E-state index in [2.05, 4.69) is 5.32 Å². The lowest BCUT2D eigenvalue weighted by atomic mass is 10.1.